The first kappa shape index (κ1) is 14.4. The van der Waals surface area contributed by atoms with Gasteiger partial charge in [-0.1, -0.05) is 23.4 Å². The highest BCUT2D eigenvalue weighted by Crippen LogP contribution is 2.26. The summed E-state index contributed by atoms with van der Waals surface area (Å²) < 4.78 is 32.6. The summed E-state index contributed by atoms with van der Waals surface area (Å²) in [4.78, 5) is 0. The fourth-order valence-electron chi connectivity index (χ4n) is 2.16. The fourth-order valence-corrected chi connectivity index (χ4v) is 2.16. The monoisotopic (exact) mass is 304 g/mol. The van der Waals surface area contributed by atoms with Gasteiger partial charge in [0.25, 0.3) is 0 Å². The molecule has 0 amide bonds. The van der Waals surface area contributed by atoms with Crippen LogP contribution in [0.15, 0.2) is 48.3 Å². The number of aromatic nitrogens is 4. The van der Waals surface area contributed by atoms with E-state index in [1.807, 2.05) is 12.1 Å². The van der Waals surface area contributed by atoms with E-state index in [0.717, 1.165) is 5.56 Å². The molecule has 0 fully saturated rings. The average Bonchev–Trinajstić information content (AvgIpc) is 3.01. The maximum Gasteiger partial charge on any atom is 0.178 e. The molecule has 0 aliphatic heterocycles. The number of nitrogens with one attached hydrogen (secondary N) is 1. The second-order valence-corrected chi connectivity index (χ2v) is 4.95. The summed E-state index contributed by atoms with van der Waals surface area (Å²) in [6, 6.07) is 7.21. The molecule has 1 aliphatic carbocycles. The zero-order valence-corrected chi connectivity index (χ0v) is 11.6. The van der Waals surface area contributed by atoms with Gasteiger partial charge in [0.15, 0.2) is 5.82 Å². The average molecular weight is 304 g/mol. The van der Waals surface area contributed by atoms with Crippen LogP contribution >= 0.6 is 0 Å². The van der Waals surface area contributed by atoms with Crippen LogP contribution in [0.3, 0.4) is 0 Å². The summed E-state index contributed by atoms with van der Waals surface area (Å²) in [5.41, 5.74) is 0.990. The number of alkyl halides is 1. The molecule has 114 valence electrons. The summed E-state index contributed by atoms with van der Waals surface area (Å²) >= 11 is 0. The van der Waals surface area contributed by atoms with Crippen LogP contribution in [-0.2, 0) is 6.42 Å². The largest absolute Gasteiger partial charge is 0.493 e. The molecule has 22 heavy (non-hydrogen) atoms. The lowest BCUT2D eigenvalue weighted by Crippen LogP contribution is -2.24. The third-order valence-corrected chi connectivity index (χ3v) is 3.39. The number of halogens is 2. The number of rotatable bonds is 5. The van der Waals surface area contributed by atoms with Crippen LogP contribution in [0.25, 0.3) is 0 Å². The molecular weight excluding hydrogens is 290 g/mol. The second-order valence-electron chi connectivity index (χ2n) is 4.95. The molecule has 2 atom stereocenters. The Kier molecular flexibility index (Phi) is 4.22. The Hall–Kier alpha value is -2.57. The summed E-state index contributed by atoms with van der Waals surface area (Å²) in [5, 5.41) is 13.6. The number of aromatic amines is 1. The van der Waals surface area contributed by atoms with Crippen LogP contribution < -0.4 is 4.74 Å². The van der Waals surface area contributed by atoms with Crippen LogP contribution in [0.1, 0.15) is 11.4 Å². The van der Waals surface area contributed by atoms with Crippen molar-refractivity contribution < 1.29 is 13.5 Å². The minimum absolute atomic E-state index is 0.0436. The normalized spacial score (nSPS) is 20.7. The third kappa shape index (κ3) is 3.36. The first-order valence-corrected chi connectivity index (χ1v) is 6.84. The standard InChI is InChI=1S/C15H14F2N4O/c16-13-2-1-3-14(17)12(13)9-22-11-6-4-10(5-7-11)8-15-18-20-21-19-15/h1-7,12-13H,8-9H2,(H,18,19,20,21). The van der Waals surface area contributed by atoms with E-state index in [-0.39, 0.29) is 6.61 Å². The van der Waals surface area contributed by atoms with Gasteiger partial charge in [-0.15, -0.1) is 10.2 Å². The predicted molar refractivity (Wildman–Crippen MR) is 75.6 cm³/mol. The summed E-state index contributed by atoms with van der Waals surface area (Å²) in [7, 11) is 0. The van der Waals surface area contributed by atoms with E-state index in [2.05, 4.69) is 20.6 Å². The van der Waals surface area contributed by atoms with E-state index in [1.165, 1.54) is 18.2 Å². The zero-order chi connectivity index (χ0) is 15.4. The Balaban J connectivity index is 1.57. The Morgan fingerprint density at radius 2 is 2.05 bits per heavy atom. The number of hydrogen-bond acceptors (Lipinski definition) is 4. The van der Waals surface area contributed by atoms with Gasteiger partial charge in [-0.3, -0.25) is 0 Å². The van der Waals surface area contributed by atoms with Crippen LogP contribution in [-0.4, -0.2) is 33.4 Å². The maximum absolute atomic E-state index is 13.6. The molecule has 0 radical (unpaired) electrons. The summed E-state index contributed by atoms with van der Waals surface area (Å²) in [6.07, 6.45) is 3.16. The van der Waals surface area contributed by atoms with Crippen LogP contribution in [0.2, 0.25) is 0 Å². The van der Waals surface area contributed by atoms with Crippen molar-refractivity contribution in [3.8, 4) is 5.75 Å². The number of allylic oxidation sites excluding steroid dienone is 3. The Morgan fingerprint density at radius 3 is 2.73 bits per heavy atom. The van der Waals surface area contributed by atoms with Gasteiger partial charge in [-0.25, -0.2) is 8.78 Å². The summed E-state index contributed by atoms with van der Waals surface area (Å²) in [5.74, 6) is -0.228. The van der Waals surface area contributed by atoms with E-state index < -0.39 is 17.9 Å². The van der Waals surface area contributed by atoms with E-state index in [4.69, 9.17) is 4.74 Å². The molecule has 2 unspecified atom stereocenters. The van der Waals surface area contributed by atoms with Crippen molar-refractivity contribution in [3.63, 3.8) is 0 Å². The predicted octanol–water partition coefficient (Wildman–Crippen LogP) is 2.55. The highest BCUT2D eigenvalue weighted by molar-refractivity contribution is 5.29. The molecule has 0 saturated carbocycles. The number of hydrogen-bond donors (Lipinski definition) is 1. The van der Waals surface area contributed by atoms with Crippen LogP contribution in [0, 0.1) is 5.92 Å². The number of tetrazole rings is 1. The molecule has 0 spiro atoms. The first-order valence-electron chi connectivity index (χ1n) is 6.84. The van der Waals surface area contributed by atoms with Gasteiger partial charge in [-0.2, -0.15) is 5.21 Å². The maximum atomic E-state index is 13.6. The molecule has 1 heterocycles. The summed E-state index contributed by atoms with van der Waals surface area (Å²) in [6.45, 7) is -0.0436. The van der Waals surface area contributed by atoms with Crippen molar-refractivity contribution in [1.29, 1.82) is 0 Å². The highest BCUT2D eigenvalue weighted by Gasteiger charge is 2.26. The molecule has 2 aromatic rings. The van der Waals surface area contributed by atoms with Gasteiger partial charge in [0, 0.05) is 6.42 Å². The molecule has 1 aliphatic rings. The van der Waals surface area contributed by atoms with E-state index in [0.29, 0.717) is 18.0 Å². The number of H-pyrrole nitrogens is 1. The molecular formula is C15H14F2N4O. The molecule has 0 saturated heterocycles. The number of benzene rings is 1. The van der Waals surface area contributed by atoms with Crippen molar-refractivity contribution >= 4 is 0 Å². The smallest absolute Gasteiger partial charge is 0.178 e. The number of nitrogens with zero attached hydrogens (tertiary/aromatic N) is 3. The van der Waals surface area contributed by atoms with Gasteiger partial charge in [0.05, 0.1) is 5.92 Å². The fraction of sp³-hybridized carbons (Fsp3) is 0.267. The van der Waals surface area contributed by atoms with Crippen molar-refractivity contribution in [2.75, 3.05) is 6.61 Å². The molecule has 5 nitrogen and oxygen atoms in total. The van der Waals surface area contributed by atoms with Crippen LogP contribution in [0.4, 0.5) is 8.78 Å². The van der Waals surface area contributed by atoms with Crippen molar-refractivity contribution in [2.24, 2.45) is 5.92 Å². The number of ether oxygens (including phenoxy) is 1. The zero-order valence-electron chi connectivity index (χ0n) is 11.6. The molecule has 1 aromatic carbocycles. The highest BCUT2D eigenvalue weighted by atomic mass is 19.1. The molecule has 1 N–H and O–H groups in total. The topological polar surface area (TPSA) is 63.7 Å². The Labute approximate surface area is 125 Å². The molecule has 1 aromatic heterocycles. The lowest BCUT2D eigenvalue weighted by molar-refractivity contribution is 0.183. The van der Waals surface area contributed by atoms with E-state index in [9.17, 15) is 8.78 Å². The van der Waals surface area contributed by atoms with E-state index in [1.54, 1.807) is 12.1 Å². The Morgan fingerprint density at radius 1 is 1.23 bits per heavy atom. The van der Waals surface area contributed by atoms with Crippen molar-refractivity contribution in [3.05, 3.63) is 59.7 Å². The van der Waals surface area contributed by atoms with Gasteiger partial charge in [0.1, 0.15) is 24.4 Å². The van der Waals surface area contributed by atoms with Gasteiger partial charge in [0.2, 0.25) is 0 Å². The first-order chi connectivity index (χ1) is 10.7. The van der Waals surface area contributed by atoms with Gasteiger partial charge >= 0.3 is 0 Å². The van der Waals surface area contributed by atoms with Crippen molar-refractivity contribution in [1.82, 2.24) is 20.6 Å². The van der Waals surface area contributed by atoms with Crippen LogP contribution in [0.5, 0.6) is 5.75 Å². The van der Waals surface area contributed by atoms with Gasteiger partial charge < -0.3 is 4.74 Å². The molecule has 0 bridgehead atoms. The van der Waals surface area contributed by atoms with Gasteiger partial charge in [-0.05, 0) is 29.8 Å². The third-order valence-electron chi connectivity index (χ3n) is 3.39. The SMILES string of the molecule is FC1=CC=CC(F)C1COc1ccc(Cc2nn[nH]n2)cc1. The Bertz CT molecular complexity index is 667. The van der Waals surface area contributed by atoms with E-state index >= 15 is 0 Å². The lowest BCUT2D eigenvalue weighted by Gasteiger charge is -2.20. The molecule has 7 heteroatoms. The van der Waals surface area contributed by atoms with Crippen molar-refractivity contribution in [2.45, 2.75) is 12.6 Å². The second kappa shape index (κ2) is 6.46. The quantitative estimate of drug-likeness (QED) is 0.922. The minimum Gasteiger partial charge on any atom is -0.493 e. The molecule has 3 rings (SSSR count). The minimum atomic E-state index is -1.36. The lowest BCUT2D eigenvalue weighted by atomic mass is 9.98.